The highest BCUT2D eigenvalue weighted by molar-refractivity contribution is 5.96. The molecule has 0 amide bonds. The van der Waals surface area contributed by atoms with Crippen LogP contribution in [0.25, 0.3) is 10.8 Å². The van der Waals surface area contributed by atoms with Crippen molar-refractivity contribution < 1.29 is 9.50 Å². The molecule has 0 aliphatic carbocycles. The molecular weight excluding hydrogens is 433 g/mol. The number of halogens is 1. The number of hydrogen-bond acceptors (Lipinski definition) is 8. The van der Waals surface area contributed by atoms with Crippen LogP contribution in [0.5, 0.6) is 0 Å². The number of aromatic nitrogens is 4. The van der Waals surface area contributed by atoms with Crippen molar-refractivity contribution in [3.63, 3.8) is 0 Å². The molecule has 0 spiro atoms. The van der Waals surface area contributed by atoms with Gasteiger partial charge in [0.15, 0.2) is 5.67 Å². The Balaban J connectivity index is 1.44. The molecule has 2 fully saturated rings. The minimum absolute atomic E-state index is 0.0499. The third kappa shape index (κ3) is 4.13. The second kappa shape index (κ2) is 8.61. The number of aliphatic hydroxyl groups excluding tert-OH is 1. The minimum Gasteiger partial charge on any atom is -0.390 e. The third-order valence-corrected chi connectivity index (χ3v) is 7.04. The maximum absolute atomic E-state index is 14.7. The van der Waals surface area contributed by atoms with Gasteiger partial charge in [-0.15, -0.1) is 0 Å². The van der Waals surface area contributed by atoms with Gasteiger partial charge in [0, 0.05) is 43.1 Å². The lowest BCUT2D eigenvalue weighted by Gasteiger charge is -2.40. The standard InChI is InChI=1S/C25H32FN7O/c1-15(2)18-12-29-23(33-10-6-16(33)3)19-13-28-22(11-17(18)19)30-21-5-8-27-24(31-21)32-9-7-20(34)25(4,26)14-32/h5,8,11-13,15-16,20,34H,6-7,9-10,14H2,1-4H3,(H,27,28,30,31)/t16-,20+,25-/m1/s1. The topological polar surface area (TPSA) is 90.3 Å². The molecule has 0 saturated carbocycles. The summed E-state index contributed by atoms with van der Waals surface area (Å²) in [6, 6.07) is 4.31. The van der Waals surface area contributed by atoms with Gasteiger partial charge in [-0.3, -0.25) is 0 Å². The Bertz CT molecular complexity index is 1200. The van der Waals surface area contributed by atoms with Gasteiger partial charge in [-0.2, -0.15) is 4.98 Å². The Hall–Kier alpha value is -3.07. The number of anilines is 4. The Kier molecular flexibility index (Phi) is 5.75. The largest absolute Gasteiger partial charge is 0.390 e. The van der Waals surface area contributed by atoms with Gasteiger partial charge in [0.1, 0.15) is 17.5 Å². The van der Waals surface area contributed by atoms with Crippen molar-refractivity contribution in [2.45, 2.75) is 64.3 Å². The molecule has 180 valence electrons. The maximum Gasteiger partial charge on any atom is 0.227 e. The lowest BCUT2D eigenvalue weighted by atomic mass is 9.94. The molecule has 8 nitrogen and oxygen atoms in total. The van der Waals surface area contributed by atoms with Gasteiger partial charge < -0.3 is 20.2 Å². The quantitative estimate of drug-likeness (QED) is 0.580. The summed E-state index contributed by atoms with van der Waals surface area (Å²) in [5.41, 5.74) is -0.521. The highest BCUT2D eigenvalue weighted by Gasteiger charge is 2.39. The Morgan fingerprint density at radius 1 is 1.12 bits per heavy atom. The Labute approximate surface area is 199 Å². The number of hydrogen-bond donors (Lipinski definition) is 2. The fraction of sp³-hybridized carbons (Fsp3) is 0.520. The van der Waals surface area contributed by atoms with E-state index in [-0.39, 0.29) is 6.54 Å². The number of alkyl halides is 1. The molecule has 0 unspecified atom stereocenters. The monoisotopic (exact) mass is 465 g/mol. The van der Waals surface area contributed by atoms with Gasteiger partial charge >= 0.3 is 0 Å². The zero-order chi connectivity index (χ0) is 24.0. The molecular formula is C25H32FN7O. The van der Waals surface area contributed by atoms with Crippen LogP contribution in [0.15, 0.2) is 30.7 Å². The maximum atomic E-state index is 14.7. The van der Waals surface area contributed by atoms with E-state index in [0.29, 0.717) is 42.5 Å². The lowest BCUT2D eigenvalue weighted by molar-refractivity contribution is -0.00860. The number of pyridine rings is 2. The van der Waals surface area contributed by atoms with Crippen molar-refractivity contribution >= 4 is 34.2 Å². The molecule has 2 N–H and O–H groups in total. The first-order valence-corrected chi connectivity index (χ1v) is 12.0. The zero-order valence-electron chi connectivity index (χ0n) is 20.2. The fourth-order valence-corrected chi connectivity index (χ4v) is 4.74. The molecule has 0 bridgehead atoms. The molecule has 9 heteroatoms. The summed E-state index contributed by atoms with van der Waals surface area (Å²) in [6.45, 7) is 9.54. The summed E-state index contributed by atoms with van der Waals surface area (Å²) in [6.07, 6.45) is 6.07. The Morgan fingerprint density at radius 2 is 1.94 bits per heavy atom. The van der Waals surface area contributed by atoms with Gasteiger partial charge in [0.05, 0.1) is 12.6 Å². The molecule has 3 aromatic rings. The van der Waals surface area contributed by atoms with E-state index < -0.39 is 11.8 Å². The van der Waals surface area contributed by atoms with Crippen LogP contribution in [-0.2, 0) is 0 Å². The summed E-state index contributed by atoms with van der Waals surface area (Å²) < 4.78 is 14.7. The number of fused-ring (bicyclic) bond motifs is 1. The minimum atomic E-state index is -1.70. The molecule has 3 atom stereocenters. The van der Waals surface area contributed by atoms with E-state index in [9.17, 15) is 9.50 Å². The van der Waals surface area contributed by atoms with Gasteiger partial charge in [-0.05, 0) is 55.7 Å². The summed E-state index contributed by atoms with van der Waals surface area (Å²) in [5, 5.41) is 15.4. The van der Waals surface area contributed by atoms with Crippen LogP contribution in [-0.4, -0.2) is 62.5 Å². The molecule has 5 heterocycles. The van der Waals surface area contributed by atoms with Crippen molar-refractivity contribution in [2.75, 3.05) is 34.8 Å². The second-order valence-electron chi connectivity index (χ2n) is 10.0. The van der Waals surface area contributed by atoms with E-state index >= 15 is 0 Å². The SMILES string of the molecule is CC(C)c1cnc(N2CC[C@H]2C)c2cnc(Nc3ccnc(N4CC[C@H](O)[C@](C)(F)C4)n3)cc12. The van der Waals surface area contributed by atoms with E-state index in [0.717, 1.165) is 23.1 Å². The number of rotatable bonds is 5. The number of aliphatic hydroxyl groups is 1. The number of piperidine rings is 1. The van der Waals surface area contributed by atoms with Gasteiger partial charge in [0.25, 0.3) is 0 Å². The number of nitrogens with zero attached hydrogens (tertiary/aromatic N) is 6. The van der Waals surface area contributed by atoms with Crippen LogP contribution < -0.4 is 15.1 Å². The first-order valence-electron chi connectivity index (χ1n) is 12.0. The zero-order valence-corrected chi connectivity index (χ0v) is 20.2. The highest BCUT2D eigenvalue weighted by Crippen LogP contribution is 2.36. The number of nitrogens with one attached hydrogen (secondary N) is 1. The third-order valence-electron chi connectivity index (χ3n) is 7.04. The molecule has 2 saturated heterocycles. The molecule has 0 radical (unpaired) electrons. The average molecular weight is 466 g/mol. The summed E-state index contributed by atoms with van der Waals surface area (Å²) in [5.74, 6) is 3.01. The first-order chi connectivity index (χ1) is 16.2. The van der Waals surface area contributed by atoms with E-state index in [1.165, 1.54) is 18.9 Å². The van der Waals surface area contributed by atoms with Gasteiger partial charge in [-0.1, -0.05) is 13.8 Å². The molecule has 3 aromatic heterocycles. The molecule has 0 aromatic carbocycles. The predicted octanol–water partition coefficient (Wildman–Crippen LogP) is 4.18. The van der Waals surface area contributed by atoms with Crippen molar-refractivity contribution in [1.29, 1.82) is 0 Å². The summed E-state index contributed by atoms with van der Waals surface area (Å²) in [4.78, 5) is 22.5. The van der Waals surface area contributed by atoms with Crippen LogP contribution in [0.4, 0.5) is 27.8 Å². The first kappa shape index (κ1) is 22.7. The van der Waals surface area contributed by atoms with E-state index in [1.54, 1.807) is 17.2 Å². The van der Waals surface area contributed by atoms with Crippen LogP contribution >= 0.6 is 0 Å². The van der Waals surface area contributed by atoms with Gasteiger partial charge in [0.2, 0.25) is 5.95 Å². The van der Waals surface area contributed by atoms with E-state index in [1.807, 2.05) is 12.4 Å². The molecule has 2 aliphatic heterocycles. The predicted molar refractivity (Wildman–Crippen MR) is 133 cm³/mol. The van der Waals surface area contributed by atoms with Crippen molar-refractivity contribution in [1.82, 2.24) is 19.9 Å². The van der Waals surface area contributed by atoms with Crippen molar-refractivity contribution in [3.05, 3.63) is 36.3 Å². The summed E-state index contributed by atoms with van der Waals surface area (Å²) >= 11 is 0. The molecule has 2 aliphatic rings. The highest BCUT2D eigenvalue weighted by atomic mass is 19.1. The Morgan fingerprint density at radius 3 is 2.62 bits per heavy atom. The van der Waals surface area contributed by atoms with Crippen LogP contribution in [0.2, 0.25) is 0 Å². The molecule has 34 heavy (non-hydrogen) atoms. The smallest absolute Gasteiger partial charge is 0.227 e. The van der Waals surface area contributed by atoms with Crippen LogP contribution in [0.1, 0.15) is 52.0 Å². The lowest BCUT2D eigenvalue weighted by Crippen LogP contribution is -2.52. The van der Waals surface area contributed by atoms with Crippen LogP contribution in [0, 0.1) is 0 Å². The average Bonchev–Trinajstić information content (AvgIpc) is 2.79. The van der Waals surface area contributed by atoms with Crippen molar-refractivity contribution in [2.24, 2.45) is 0 Å². The molecule has 5 rings (SSSR count). The van der Waals surface area contributed by atoms with E-state index in [2.05, 4.69) is 52.0 Å². The fourth-order valence-electron chi connectivity index (χ4n) is 4.74. The van der Waals surface area contributed by atoms with Crippen LogP contribution in [0.3, 0.4) is 0 Å². The van der Waals surface area contributed by atoms with Crippen molar-refractivity contribution in [3.8, 4) is 0 Å². The normalized spacial score (nSPS) is 25.0. The van der Waals surface area contributed by atoms with Gasteiger partial charge in [-0.25, -0.2) is 19.3 Å². The second-order valence-corrected chi connectivity index (χ2v) is 10.0. The van der Waals surface area contributed by atoms with E-state index in [4.69, 9.17) is 4.98 Å². The summed E-state index contributed by atoms with van der Waals surface area (Å²) in [7, 11) is 0.